The summed E-state index contributed by atoms with van der Waals surface area (Å²) in [5, 5.41) is 21.7. The molecular weight excluding hydrogens is 334 g/mol. The van der Waals surface area contributed by atoms with E-state index in [1.165, 1.54) is 6.07 Å². The molecule has 0 spiro atoms. The van der Waals surface area contributed by atoms with Crippen LogP contribution in [0, 0.1) is 11.8 Å². The molecule has 0 aromatic heterocycles. The summed E-state index contributed by atoms with van der Waals surface area (Å²) < 4.78 is 0. The molecule has 0 heterocycles. The molecular formula is C16H8K2O4. The van der Waals surface area contributed by atoms with Crippen LogP contribution in [0.15, 0.2) is 48.5 Å². The van der Waals surface area contributed by atoms with E-state index in [4.69, 9.17) is 0 Å². The van der Waals surface area contributed by atoms with Crippen molar-refractivity contribution in [3.8, 4) is 11.8 Å². The first kappa shape index (κ1) is 22.2. The van der Waals surface area contributed by atoms with E-state index >= 15 is 0 Å². The Morgan fingerprint density at radius 2 is 1.27 bits per heavy atom. The molecule has 0 unspecified atom stereocenters. The molecule has 0 saturated carbocycles. The first-order chi connectivity index (χ1) is 9.58. The van der Waals surface area contributed by atoms with Crippen LogP contribution in [-0.2, 0) is 0 Å². The predicted octanol–water partition coefficient (Wildman–Crippen LogP) is -6.18. The van der Waals surface area contributed by atoms with Crippen LogP contribution in [0.1, 0.15) is 31.8 Å². The summed E-state index contributed by atoms with van der Waals surface area (Å²) in [6.45, 7) is 0. The van der Waals surface area contributed by atoms with E-state index in [2.05, 4.69) is 11.8 Å². The molecule has 2 aromatic rings. The van der Waals surface area contributed by atoms with Gasteiger partial charge in [-0.05, 0) is 24.3 Å². The molecule has 22 heavy (non-hydrogen) atoms. The van der Waals surface area contributed by atoms with Gasteiger partial charge in [0.1, 0.15) is 0 Å². The van der Waals surface area contributed by atoms with Crippen LogP contribution in [0.2, 0.25) is 0 Å². The van der Waals surface area contributed by atoms with Crippen molar-refractivity contribution in [1.29, 1.82) is 0 Å². The average molecular weight is 342 g/mol. The second kappa shape index (κ2) is 10.9. The van der Waals surface area contributed by atoms with Gasteiger partial charge in [-0.2, -0.15) is 0 Å². The molecule has 0 radical (unpaired) electrons. The second-order valence-electron chi connectivity index (χ2n) is 3.95. The van der Waals surface area contributed by atoms with Crippen LogP contribution in [0.4, 0.5) is 0 Å². The summed E-state index contributed by atoms with van der Waals surface area (Å²) in [7, 11) is 0. The quantitative estimate of drug-likeness (QED) is 0.402. The van der Waals surface area contributed by atoms with E-state index < -0.39 is 23.1 Å². The minimum Gasteiger partial charge on any atom is -0.545 e. The maximum absolute atomic E-state index is 10.9. The van der Waals surface area contributed by atoms with Gasteiger partial charge >= 0.3 is 103 Å². The fraction of sp³-hybridized carbons (Fsp3) is 0. The molecule has 0 saturated heterocycles. The Labute approximate surface area is 213 Å². The summed E-state index contributed by atoms with van der Waals surface area (Å²) in [5.41, 5.74) is 0.296. The van der Waals surface area contributed by atoms with Crippen molar-refractivity contribution in [2.75, 3.05) is 0 Å². The van der Waals surface area contributed by atoms with Gasteiger partial charge in [-0.3, -0.25) is 0 Å². The van der Waals surface area contributed by atoms with E-state index in [0.29, 0.717) is 5.56 Å². The van der Waals surface area contributed by atoms with Gasteiger partial charge in [0.25, 0.3) is 0 Å². The van der Waals surface area contributed by atoms with Crippen molar-refractivity contribution in [3.05, 3.63) is 70.8 Å². The van der Waals surface area contributed by atoms with Crippen LogP contribution >= 0.6 is 0 Å². The Kier molecular flexibility index (Phi) is 11.0. The molecule has 0 aliphatic carbocycles. The molecule has 0 amide bonds. The van der Waals surface area contributed by atoms with E-state index in [1.54, 1.807) is 0 Å². The second-order valence-corrected chi connectivity index (χ2v) is 3.95. The smallest absolute Gasteiger partial charge is 0.545 e. The minimum absolute atomic E-state index is 0. The SMILES string of the molecule is O=C([O-])c1ccc(C#Cc2ccccc2)cc1C(=O)[O-].[K+].[K+]. The Morgan fingerprint density at radius 1 is 0.727 bits per heavy atom. The predicted molar refractivity (Wildman–Crippen MR) is 67.5 cm³/mol. The van der Waals surface area contributed by atoms with Crippen LogP contribution < -0.4 is 113 Å². The molecule has 2 rings (SSSR count). The topological polar surface area (TPSA) is 80.3 Å². The number of hydrogen-bond acceptors (Lipinski definition) is 4. The monoisotopic (exact) mass is 342 g/mol. The molecule has 2 aromatic carbocycles. The third kappa shape index (κ3) is 6.37. The number of carboxylic acids is 2. The first-order valence-electron chi connectivity index (χ1n) is 5.72. The molecule has 0 fully saturated rings. The summed E-state index contributed by atoms with van der Waals surface area (Å²) >= 11 is 0. The third-order valence-corrected chi connectivity index (χ3v) is 2.58. The van der Waals surface area contributed by atoms with Gasteiger partial charge in [-0.25, -0.2) is 0 Å². The standard InChI is InChI=1S/C16H10O4.2K/c17-15(18)13-9-8-12(10-14(13)16(19)20)7-6-11-4-2-1-3-5-11;;/h1-5,8-10H,(H,17,18)(H,19,20);;/q;2*+1/p-2. The number of carbonyl (C=O) groups excluding carboxylic acids is 2. The van der Waals surface area contributed by atoms with Gasteiger partial charge in [0, 0.05) is 22.3 Å². The van der Waals surface area contributed by atoms with Crippen LogP contribution in [0.3, 0.4) is 0 Å². The Bertz CT molecular complexity index is 731. The molecule has 0 atom stereocenters. The van der Waals surface area contributed by atoms with Crippen LogP contribution in [0.25, 0.3) is 0 Å². The minimum atomic E-state index is -1.58. The number of hydrogen-bond donors (Lipinski definition) is 0. The Balaban J connectivity index is 0.00000220. The molecule has 0 N–H and O–H groups in total. The van der Waals surface area contributed by atoms with Gasteiger partial charge in [0.05, 0.1) is 11.9 Å². The third-order valence-electron chi connectivity index (χ3n) is 2.58. The number of aromatic carboxylic acids is 2. The molecule has 0 bridgehead atoms. The molecule has 6 heteroatoms. The van der Waals surface area contributed by atoms with E-state index in [9.17, 15) is 19.8 Å². The summed E-state index contributed by atoms with van der Waals surface area (Å²) in [6, 6.07) is 12.9. The number of carbonyl (C=O) groups is 2. The van der Waals surface area contributed by atoms with Crippen molar-refractivity contribution in [3.63, 3.8) is 0 Å². The van der Waals surface area contributed by atoms with Crippen molar-refractivity contribution in [1.82, 2.24) is 0 Å². The average Bonchev–Trinajstić information content (AvgIpc) is 2.45. The Morgan fingerprint density at radius 3 is 1.82 bits per heavy atom. The normalized spacial score (nSPS) is 8.55. The van der Waals surface area contributed by atoms with Crippen molar-refractivity contribution >= 4 is 11.9 Å². The van der Waals surface area contributed by atoms with Crippen LogP contribution in [-0.4, -0.2) is 11.9 Å². The molecule has 4 nitrogen and oxygen atoms in total. The van der Waals surface area contributed by atoms with E-state index in [0.717, 1.165) is 17.7 Å². The molecule has 98 valence electrons. The zero-order valence-electron chi connectivity index (χ0n) is 12.3. The number of benzene rings is 2. The summed E-state index contributed by atoms with van der Waals surface area (Å²) in [5.74, 6) is 2.48. The fourth-order valence-corrected chi connectivity index (χ4v) is 1.63. The summed E-state index contributed by atoms with van der Waals surface area (Å²) in [6.07, 6.45) is 0. The maximum atomic E-state index is 10.9. The van der Waals surface area contributed by atoms with Gasteiger partial charge in [0.15, 0.2) is 0 Å². The first-order valence-corrected chi connectivity index (χ1v) is 5.72. The van der Waals surface area contributed by atoms with E-state index in [1.807, 2.05) is 30.3 Å². The van der Waals surface area contributed by atoms with Crippen molar-refractivity contribution in [2.24, 2.45) is 0 Å². The number of carboxylic acid groups (broad SMARTS) is 2. The van der Waals surface area contributed by atoms with Crippen molar-refractivity contribution in [2.45, 2.75) is 0 Å². The Hall–Kier alpha value is 0.213. The maximum Gasteiger partial charge on any atom is 1.00 e. The van der Waals surface area contributed by atoms with Crippen molar-refractivity contribution < 1.29 is 123 Å². The van der Waals surface area contributed by atoms with Crippen LogP contribution in [0.5, 0.6) is 0 Å². The molecule has 0 aliphatic heterocycles. The summed E-state index contributed by atoms with van der Waals surface area (Å²) in [4.78, 5) is 21.7. The largest absolute Gasteiger partial charge is 1.00 e. The van der Waals surface area contributed by atoms with Gasteiger partial charge in [0.2, 0.25) is 0 Å². The number of rotatable bonds is 2. The zero-order valence-corrected chi connectivity index (χ0v) is 18.5. The zero-order chi connectivity index (χ0) is 14.5. The van der Waals surface area contributed by atoms with Gasteiger partial charge in [-0.1, -0.05) is 36.1 Å². The van der Waals surface area contributed by atoms with Gasteiger partial charge < -0.3 is 19.8 Å². The van der Waals surface area contributed by atoms with Gasteiger partial charge in [-0.15, -0.1) is 0 Å². The fourth-order valence-electron chi connectivity index (χ4n) is 1.63. The van der Waals surface area contributed by atoms with E-state index in [-0.39, 0.29) is 103 Å². The molecule has 0 aliphatic rings.